The van der Waals surface area contributed by atoms with Gasteiger partial charge in [0.1, 0.15) is 17.6 Å². The number of anilines is 1. The molecule has 0 aliphatic heterocycles. The summed E-state index contributed by atoms with van der Waals surface area (Å²) in [6.45, 7) is 0.151. The van der Waals surface area contributed by atoms with E-state index in [2.05, 4.69) is 10.6 Å². The van der Waals surface area contributed by atoms with Crippen molar-refractivity contribution >= 4 is 23.3 Å². The van der Waals surface area contributed by atoms with Gasteiger partial charge in [0.15, 0.2) is 0 Å². The number of ether oxygens (including phenoxy) is 1. The van der Waals surface area contributed by atoms with Crippen molar-refractivity contribution in [2.75, 3.05) is 12.4 Å². The molecule has 1 aromatic heterocycles. The van der Waals surface area contributed by atoms with Gasteiger partial charge in [0.05, 0.1) is 43.0 Å². The fourth-order valence-corrected chi connectivity index (χ4v) is 2.17. The zero-order valence-electron chi connectivity index (χ0n) is 13.8. The van der Waals surface area contributed by atoms with Crippen molar-refractivity contribution in [1.82, 2.24) is 5.32 Å². The number of carboxylic acid groups (broad SMARTS) is 1. The van der Waals surface area contributed by atoms with Crippen LogP contribution in [0.5, 0.6) is 5.75 Å². The highest BCUT2D eigenvalue weighted by atomic mass is 16.6. The summed E-state index contributed by atoms with van der Waals surface area (Å²) >= 11 is 0. The standard InChI is InChI=1S/C16H17N3O7/c1-25-14-7-10(19(23)24)4-5-12(14)18-15(20)8-13(16(21)22)17-9-11-3-2-6-26-11/h2-7,13,17H,8-9H2,1H3,(H,18,20)(H,21,22). The van der Waals surface area contributed by atoms with Crippen molar-refractivity contribution in [1.29, 1.82) is 0 Å². The molecule has 0 saturated carbocycles. The molecule has 1 atom stereocenters. The number of nitrogens with zero attached hydrogens (tertiary/aromatic N) is 1. The molecule has 1 aromatic carbocycles. The first kappa shape index (κ1) is 18.9. The maximum atomic E-state index is 12.1. The number of hydrogen-bond acceptors (Lipinski definition) is 7. The second-order valence-corrected chi connectivity index (χ2v) is 5.25. The van der Waals surface area contributed by atoms with Gasteiger partial charge in [-0.25, -0.2) is 0 Å². The lowest BCUT2D eigenvalue weighted by molar-refractivity contribution is -0.384. The molecule has 0 fully saturated rings. The second-order valence-electron chi connectivity index (χ2n) is 5.25. The summed E-state index contributed by atoms with van der Waals surface area (Å²) in [4.78, 5) is 33.6. The Labute approximate surface area is 147 Å². The maximum absolute atomic E-state index is 12.1. The molecule has 0 aliphatic rings. The largest absolute Gasteiger partial charge is 0.494 e. The molecule has 2 aromatic rings. The molecule has 0 spiro atoms. The van der Waals surface area contributed by atoms with Crippen LogP contribution >= 0.6 is 0 Å². The molecule has 2 rings (SSSR count). The first-order chi connectivity index (χ1) is 12.4. The van der Waals surface area contributed by atoms with Crippen LogP contribution in [-0.2, 0) is 16.1 Å². The number of methoxy groups -OCH3 is 1. The first-order valence-corrected chi connectivity index (χ1v) is 7.51. The quantitative estimate of drug-likeness (QED) is 0.451. The predicted molar refractivity (Wildman–Crippen MR) is 89.9 cm³/mol. The molecule has 1 amide bonds. The number of hydrogen-bond donors (Lipinski definition) is 3. The number of non-ortho nitro benzene ring substituents is 1. The molecule has 138 valence electrons. The van der Waals surface area contributed by atoms with Crippen LogP contribution in [0.3, 0.4) is 0 Å². The Bertz CT molecular complexity index is 789. The van der Waals surface area contributed by atoms with Crippen LogP contribution in [0.1, 0.15) is 12.2 Å². The van der Waals surface area contributed by atoms with Crippen LogP contribution in [0.4, 0.5) is 11.4 Å². The molecule has 1 unspecified atom stereocenters. The Kier molecular flexibility index (Phi) is 6.28. The number of nitrogens with one attached hydrogen (secondary N) is 2. The van der Waals surface area contributed by atoms with E-state index < -0.39 is 22.8 Å². The minimum absolute atomic E-state index is 0.1000. The summed E-state index contributed by atoms with van der Waals surface area (Å²) in [5.41, 5.74) is 0.0154. The summed E-state index contributed by atoms with van der Waals surface area (Å²) in [7, 11) is 1.31. The van der Waals surface area contributed by atoms with E-state index in [-0.39, 0.29) is 30.1 Å². The summed E-state index contributed by atoms with van der Waals surface area (Å²) in [6.07, 6.45) is 1.11. The third-order valence-electron chi connectivity index (χ3n) is 3.46. The van der Waals surface area contributed by atoms with Gasteiger partial charge in [0.25, 0.3) is 5.69 Å². The van der Waals surface area contributed by atoms with E-state index in [4.69, 9.17) is 9.15 Å². The zero-order valence-corrected chi connectivity index (χ0v) is 13.8. The number of benzene rings is 1. The number of aliphatic carboxylic acids is 1. The van der Waals surface area contributed by atoms with Gasteiger partial charge < -0.3 is 19.6 Å². The third kappa shape index (κ3) is 5.05. The van der Waals surface area contributed by atoms with E-state index in [0.29, 0.717) is 5.76 Å². The van der Waals surface area contributed by atoms with Crippen LogP contribution in [-0.4, -0.2) is 35.1 Å². The highest BCUT2D eigenvalue weighted by Crippen LogP contribution is 2.29. The number of nitro benzene ring substituents is 1. The van der Waals surface area contributed by atoms with Gasteiger partial charge in [0, 0.05) is 6.07 Å². The van der Waals surface area contributed by atoms with E-state index in [1.165, 1.54) is 31.6 Å². The number of rotatable bonds is 9. The summed E-state index contributed by atoms with van der Waals surface area (Å²) in [6, 6.07) is 5.90. The monoisotopic (exact) mass is 363 g/mol. The van der Waals surface area contributed by atoms with Crippen molar-refractivity contribution in [3.8, 4) is 5.75 Å². The Morgan fingerprint density at radius 1 is 1.38 bits per heavy atom. The molecular weight excluding hydrogens is 346 g/mol. The number of carbonyl (C=O) groups excluding carboxylic acids is 1. The smallest absolute Gasteiger partial charge is 0.321 e. The van der Waals surface area contributed by atoms with Gasteiger partial charge in [-0.05, 0) is 18.2 Å². The topological polar surface area (TPSA) is 144 Å². The molecule has 0 saturated heterocycles. The van der Waals surface area contributed by atoms with Crippen LogP contribution in [0, 0.1) is 10.1 Å². The molecule has 3 N–H and O–H groups in total. The molecule has 0 radical (unpaired) electrons. The Hall–Kier alpha value is -3.40. The van der Waals surface area contributed by atoms with Crippen molar-refractivity contribution in [2.45, 2.75) is 19.0 Å². The van der Waals surface area contributed by atoms with Crippen molar-refractivity contribution < 1.29 is 28.8 Å². The first-order valence-electron chi connectivity index (χ1n) is 7.51. The van der Waals surface area contributed by atoms with Gasteiger partial charge in [-0.15, -0.1) is 0 Å². The van der Waals surface area contributed by atoms with Crippen molar-refractivity contribution in [3.63, 3.8) is 0 Å². The second kappa shape index (κ2) is 8.62. The molecule has 10 nitrogen and oxygen atoms in total. The molecule has 0 bridgehead atoms. The van der Waals surface area contributed by atoms with Crippen LogP contribution in [0.2, 0.25) is 0 Å². The van der Waals surface area contributed by atoms with Gasteiger partial charge >= 0.3 is 5.97 Å². The van der Waals surface area contributed by atoms with E-state index in [1.807, 2.05) is 0 Å². The summed E-state index contributed by atoms with van der Waals surface area (Å²) in [5.74, 6) is -1.14. The SMILES string of the molecule is COc1cc([N+](=O)[O-])ccc1NC(=O)CC(NCc1ccco1)C(=O)O. The fourth-order valence-electron chi connectivity index (χ4n) is 2.17. The zero-order chi connectivity index (χ0) is 19.1. The lowest BCUT2D eigenvalue weighted by Gasteiger charge is -2.14. The highest BCUT2D eigenvalue weighted by Gasteiger charge is 2.22. The highest BCUT2D eigenvalue weighted by molar-refractivity contribution is 5.95. The lowest BCUT2D eigenvalue weighted by Crippen LogP contribution is -2.39. The third-order valence-corrected chi connectivity index (χ3v) is 3.46. The van der Waals surface area contributed by atoms with E-state index in [9.17, 15) is 24.8 Å². The number of amides is 1. The molecular formula is C16H17N3O7. The lowest BCUT2D eigenvalue weighted by atomic mass is 10.2. The molecule has 1 heterocycles. The van der Waals surface area contributed by atoms with E-state index in [1.54, 1.807) is 12.1 Å². The van der Waals surface area contributed by atoms with Gasteiger partial charge in [-0.3, -0.25) is 25.0 Å². The molecule has 0 aliphatic carbocycles. The summed E-state index contributed by atoms with van der Waals surface area (Å²) < 4.78 is 10.1. The normalized spacial score (nSPS) is 11.6. The molecule has 26 heavy (non-hydrogen) atoms. The summed E-state index contributed by atoms with van der Waals surface area (Å²) in [5, 5.41) is 25.2. The van der Waals surface area contributed by atoms with E-state index >= 15 is 0 Å². The number of carbonyl (C=O) groups is 2. The van der Waals surface area contributed by atoms with Gasteiger partial charge in [0.2, 0.25) is 5.91 Å². The number of furan rings is 1. The van der Waals surface area contributed by atoms with Crippen molar-refractivity contribution in [2.24, 2.45) is 0 Å². The Balaban J connectivity index is 2.01. The fraction of sp³-hybridized carbons (Fsp3) is 0.250. The van der Waals surface area contributed by atoms with Crippen LogP contribution < -0.4 is 15.4 Å². The van der Waals surface area contributed by atoms with Gasteiger partial charge in [-0.2, -0.15) is 0 Å². The minimum Gasteiger partial charge on any atom is -0.494 e. The van der Waals surface area contributed by atoms with E-state index in [0.717, 1.165) is 0 Å². The average Bonchev–Trinajstić information content (AvgIpc) is 3.11. The molecule has 10 heteroatoms. The minimum atomic E-state index is -1.19. The number of nitro groups is 1. The van der Waals surface area contributed by atoms with Gasteiger partial charge in [-0.1, -0.05) is 0 Å². The number of carboxylic acids is 1. The predicted octanol–water partition coefficient (Wildman–Crippen LogP) is 1.77. The Morgan fingerprint density at radius 3 is 2.73 bits per heavy atom. The Morgan fingerprint density at radius 2 is 2.15 bits per heavy atom. The van der Waals surface area contributed by atoms with Crippen LogP contribution in [0.15, 0.2) is 41.0 Å². The average molecular weight is 363 g/mol. The van der Waals surface area contributed by atoms with Crippen molar-refractivity contribution in [3.05, 3.63) is 52.5 Å². The van der Waals surface area contributed by atoms with Crippen LogP contribution in [0.25, 0.3) is 0 Å². The maximum Gasteiger partial charge on any atom is 0.321 e.